The number of unbranched alkanes of at least 4 members (excludes halogenated alkanes) is 21. The Balaban J connectivity index is 4.58. The fourth-order valence-corrected chi connectivity index (χ4v) is 7.51. The van der Waals surface area contributed by atoms with Crippen LogP contribution in [-0.4, -0.2) is 37.2 Å². The van der Waals surface area contributed by atoms with Gasteiger partial charge in [0, 0.05) is 19.3 Å². The van der Waals surface area contributed by atoms with Crippen LogP contribution in [0.4, 0.5) is 0 Å². The van der Waals surface area contributed by atoms with E-state index >= 15 is 0 Å². The molecule has 0 bridgehead atoms. The predicted molar refractivity (Wildman–Crippen MR) is 311 cm³/mol. The van der Waals surface area contributed by atoms with Crippen molar-refractivity contribution in [1.29, 1.82) is 0 Å². The summed E-state index contributed by atoms with van der Waals surface area (Å²) < 4.78 is 16.8. The van der Waals surface area contributed by atoms with Gasteiger partial charge in [-0.3, -0.25) is 14.4 Å². The van der Waals surface area contributed by atoms with Crippen molar-refractivity contribution in [3.05, 3.63) is 146 Å². The maximum absolute atomic E-state index is 12.9. The van der Waals surface area contributed by atoms with Crippen molar-refractivity contribution >= 4 is 17.9 Å². The second-order valence-corrected chi connectivity index (χ2v) is 18.6. The number of hydrogen-bond donors (Lipinski definition) is 0. The lowest BCUT2D eigenvalue weighted by Crippen LogP contribution is -2.30. The summed E-state index contributed by atoms with van der Waals surface area (Å²) in [6.45, 7) is 6.31. The van der Waals surface area contributed by atoms with Crippen LogP contribution < -0.4 is 0 Å². The lowest BCUT2D eigenvalue weighted by Gasteiger charge is -2.18. The second-order valence-electron chi connectivity index (χ2n) is 18.6. The molecular weight excluding hydrogens is 889 g/mol. The van der Waals surface area contributed by atoms with Crippen molar-refractivity contribution in [3.8, 4) is 0 Å². The zero-order valence-electron chi connectivity index (χ0n) is 46.1. The third kappa shape index (κ3) is 56.2. The first-order valence-corrected chi connectivity index (χ1v) is 28.9. The van der Waals surface area contributed by atoms with Gasteiger partial charge in [0.25, 0.3) is 0 Å². The number of esters is 3. The van der Waals surface area contributed by atoms with Gasteiger partial charge in [-0.1, -0.05) is 276 Å². The Morgan fingerprint density at radius 2 is 0.611 bits per heavy atom. The maximum atomic E-state index is 12.9. The van der Waals surface area contributed by atoms with Gasteiger partial charge >= 0.3 is 17.9 Å². The van der Waals surface area contributed by atoms with Crippen molar-refractivity contribution in [3.63, 3.8) is 0 Å². The third-order valence-electron chi connectivity index (χ3n) is 11.8. The number of rotatable bonds is 50. The summed E-state index contributed by atoms with van der Waals surface area (Å²) in [6.07, 6.45) is 84.0. The fourth-order valence-electron chi connectivity index (χ4n) is 7.51. The lowest BCUT2D eigenvalue weighted by molar-refractivity contribution is -0.167. The molecule has 0 heterocycles. The van der Waals surface area contributed by atoms with Gasteiger partial charge in [0.1, 0.15) is 13.2 Å². The number of carbonyl (C=O) groups excluding carboxylic acids is 3. The Hall–Kier alpha value is -4.71. The fraction of sp³-hybridized carbons (Fsp3) is 0.591. The van der Waals surface area contributed by atoms with E-state index in [0.29, 0.717) is 19.3 Å². The molecule has 6 nitrogen and oxygen atoms in total. The zero-order valence-corrected chi connectivity index (χ0v) is 46.1. The van der Waals surface area contributed by atoms with Crippen molar-refractivity contribution in [1.82, 2.24) is 0 Å². The molecule has 0 aliphatic heterocycles. The molecule has 0 aliphatic rings. The van der Waals surface area contributed by atoms with Crippen LogP contribution in [0.15, 0.2) is 146 Å². The molecule has 72 heavy (non-hydrogen) atoms. The molecule has 0 radical (unpaired) electrons. The van der Waals surface area contributed by atoms with E-state index < -0.39 is 6.10 Å². The molecule has 0 spiro atoms. The molecular formula is C66H104O6. The third-order valence-corrected chi connectivity index (χ3v) is 11.8. The van der Waals surface area contributed by atoms with Crippen LogP contribution in [-0.2, 0) is 28.6 Å². The monoisotopic (exact) mass is 993 g/mol. The smallest absolute Gasteiger partial charge is 0.306 e. The Morgan fingerprint density at radius 3 is 1.01 bits per heavy atom. The van der Waals surface area contributed by atoms with Crippen LogP contribution in [0.5, 0.6) is 0 Å². The minimum Gasteiger partial charge on any atom is -0.462 e. The molecule has 0 fully saturated rings. The van der Waals surface area contributed by atoms with E-state index in [1.54, 1.807) is 0 Å². The highest BCUT2D eigenvalue weighted by molar-refractivity contribution is 5.71. The summed E-state index contributed by atoms with van der Waals surface area (Å²) in [5.41, 5.74) is 0. The SMILES string of the molecule is CC\C=C/C=C\C=C/C=C\C=C\C=C/C=C\CCCCCC(=O)OCC(COC(=O)CCCCCCCCCCCCCCCCCC)OC(=O)CCCCC/C=C\C/C=C\C/C=C\C/C=C\C/C=C\CC. The molecule has 0 aliphatic carbocycles. The Morgan fingerprint density at radius 1 is 0.306 bits per heavy atom. The Bertz CT molecular complexity index is 1610. The van der Waals surface area contributed by atoms with Gasteiger partial charge in [-0.05, 0) is 83.5 Å². The summed E-state index contributed by atoms with van der Waals surface area (Å²) in [4.78, 5) is 38.2. The molecule has 404 valence electrons. The molecule has 6 heteroatoms. The summed E-state index contributed by atoms with van der Waals surface area (Å²) in [7, 11) is 0. The van der Waals surface area contributed by atoms with Crippen molar-refractivity contribution in [2.45, 2.75) is 239 Å². The van der Waals surface area contributed by atoms with Crippen LogP contribution in [0.1, 0.15) is 233 Å². The van der Waals surface area contributed by atoms with Crippen LogP contribution >= 0.6 is 0 Å². The van der Waals surface area contributed by atoms with Gasteiger partial charge in [0.2, 0.25) is 0 Å². The summed E-state index contributed by atoms with van der Waals surface area (Å²) in [6, 6.07) is 0. The van der Waals surface area contributed by atoms with E-state index in [1.807, 2.05) is 72.9 Å². The predicted octanol–water partition coefficient (Wildman–Crippen LogP) is 19.6. The highest BCUT2D eigenvalue weighted by Crippen LogP contribution is 2.15. The van der Waals surface area contributed by atoms with Crippen molar-refractivity contribution in [2.75, 3.05) is 13.2 Å². The van der Waals surface area contributed by atoms with Crippen LogP contribution in [0.25, 0.3) is 0 Å². The van der Waals surface area contributed by atoms with E-state index in [1.165, 1.54) is 83.5 Å². The molecule has 0 saturated heterocycles. The van der Waals surface area contributed by atoms with E-state index in [9.17, 15) is 14.4 Å². The molecule has 0 aromatic carbocycles. The number of allylic oxidation sites excluding steroid dienone is 24. The van der Waals surface area contributed by atoms with E-state index in [-0.39, 0.29) is 37.5 Å². The number of hydrogen-bond acceptors (Lipinski definition) is 6. The van der Waals surface area contributed by atoms with Gasteiger partial charge < -0.3 is 14.2 Å². The maximum Gasteiger partial charge on any atom is 0.306 e. The molecule has 0 rings (SSSR count). The highest BCUT2D eigenvalue weighted by atomic mass is 16.6. The highest BCUT2D eigenvalue weighted by Gasteiger charge is 2.19. The van der Waals surface area contributed by atoms with Gasteiger partial charge in [-0.25, -0.2) is 0 Å². The Kier molecular flexibility index (Phi) is 55.0. The molecule has 0 aromatic rings. The normalized spacial score (nSPS) is 13.2. The average Bonchev–Trinajstić information content (AvgIpc) is 3.38. The van der Waals surface area contributed by atoms with Crippen molar-refractivity contribution in [2.24, 2.45) is 0 Å². The van der Waals surface area contributed by atoms with Gasteiger partial charge in [0.05, 0.1) is 0 Å². The van der Waals surface area contributed by atoms with E-state index in [4.69, 9.17) is 14.2 Å². The summed E-state index contributed by atoms with van der Waals surface area (Å²) >= 11 is 0. The van der Waals surface area contributed by atoms with Crippen LogP contribution in [0.3, 0.4) is 0 Å². The summed E-state index contributed by atoms with van der Waals surface area (Å²) in [5, 5.41) is 0. The second kappa shape index (κ2) is 58.9. The molecule has 1 unspecified atom stereocenters. The molecule has 0 amide bonds. The largest absolute Gasteiger partial charge is 0.462 e. The quantitative estimate of drug-likeness (QED) is 0.0199. The minimum absolute atomic E-state index is 0.110. The first-order valence-electron chi connectivity index (χ1n) is 28.9. The van der Waals surface area contributed by atoms with Gasteiger partial charge in [0.15, 0.2) is 6.10 Å². The molecule has 0 aromatic heterocycles. The van der Waals surface area contributed by atoms with E-state index in [0.717, 1.165) is 103 Å². The van der Waals surface area contributed by atoms with Crippen molar-refractivity contribution < 1.29 is 28.6 Å². The van der Waals surface area contributed by atoms with Gasteiger partial charge in [-0.2, -0.15) is 0 Å². The average molecular weight is 994 g/mol. The molecule has 0 saturated carbocycles. The zero-order chi connectivity index (χ0) is 52.2. The molecule has 0 N–H and O–H groups in total. The van der Waals surface area contributed by atoms with Crippen LogP contribution in [0.2, 0.25) is 0 Å². The minimum atomic E-state index is -0.821. The lowest BCUT2D eigenvalue weighted by atomic mass is 10.0. The topological polar surface area (TPSA) is 78.9 Å². The number of carbonyl (C=O) groups is 3. The Labute approximate surface area is 442 Å². The van der Waals surface area contributed by atoms with Crippen LogP contribution in [0, 0.1) is 0 Å². The number of ether oxygens (including phenoxy) is 3. The molecule has 1 atom stereocenters. The standard InChI is InChI=1S/C66H104O6/c1-4-7-10-13-16-19-22-25-28-31-33-35-38-41-44-47-50-53-56-59-65(68)71-62-63(61-70-64(67)58-55-52-49-46-43-40-37-30-27-24-21-18-15-12-9-6-3)72-66(69)60-57-54-51-48-45-42-39-36-34-32-29-26-23-20-17-14-11-8-5-2/h7-8,10-11,13,16-17,19-20,22,25-26,28-29,31,33-36,38,41-42,44-45,63H,4-6,9,12,14-15,18,21,23-24,27,30,32,37,39-40,43,46-62H2,1-3H3/b10-7-,11-8-,16-13-,20-17-,22-19-,28-25-,29-26-,33-31+,36-34-,38-35-,44-41-,45-42-. The van der Waals surface area contributed by atoms with E-state index in [2.05, 4.69) is 93.7 Å². The first-order chi connectivity index (χ1) is 35.5. The summed E-state index contributed by atoms with van der Waals surface area (Å²) in [5.74, 6) is -0.993. The first kappa shape index (κ1) is 67.3. The van der Waals surface area contributed by atoms with Gasteiger partial charge in [-0.15, -0.1) is 0 Å².